The third-order valence-corrected chi connectivity index (χ3v) is 5.92. The van der Waals surface area contributed by atoms with E-state index in [1.54, 1.807) is 24.3 Å². The molecule has 4 rings (SSSR count). The lowest BCUT2D eigenvalue weighted by atomic mass is 10.1. The summed E-state index contributed by atoms with van der Waals surface area (Å²) in [6.45, 7) is 0.204. The summed E-state index contributed by atoms with van der Waals surface area (Å²) >= 11 is 14.0. The summed E-state index contributed by atoms with van der Waals surface area (Å²) in [7, 11) is 0. The fourth-order valence-electron chi connectivity index (χ4n) is 3.02. The average Bonchev–Trinajstić information content (AvgIpc) is 2.75. The number of benzene rings is 2. The van der Waals surface area contributed by atoms with Gasteiger partial charge in [0.25, 0.3) is 0 Å². The quantitative estimate of drug-likeness (QED) is 0.508. The molecule has 0 spiro atoms. The van der Waals surface area contributed by atoms with Crippen molar-refractivity contribution in [2.45, 2.75) is 16.5 Å². The molecule has 0 saturated carbocycles. The van der Waals surface area contributed by atoms with E-state index in [2.05, 4.69) is 15.1 Å². The van der Waals surface area contributed by atoms with Crippen LogP contribution < -0.4 is 16.1 Å². The third-order valence-electron chi connectivity index (χ3n) is 4.39. The largest absolute Gasteiger partial charge is 0.370 e. The first kappa shape index (κ1) is 21.4. The summed E-state index contributed by atoms with van der Waals surface area (Å²) in [5, 5.41) is 3.50. The number of amides is 2. The van der Waals surface area contributed by atoms with E-state index in [1.165, 1.54) is 40.9 Å². The number of fused-ring (bicyclic) bond motifs is 1. The Hall–Kier alpha value is -2.85. The van der Waals surface area contributed by atoms with Crippen LogP contribution in [-0.4, -0.2) is 17.0 Å². The second-order valence-corrected chi connectivity index (χ2v) is 8.27. The van der Waals surface area contributed by atoms with Gasteiger partial charge in [0.1, 0.15) is 10.8 Å². The summed E-state index contributed by atoms with van der Waals surface area (Å²) in [4.78, 5) is 35.2. The van der Waals surface area contributed by atoms with Gasteiger partial charge in [-0.25, -0.2) is 19.0 Å². The molecule has 158 valence electrons. The number of carbonyl (C=O) groups excluding carboxylic acids is 2. The lowest BCUT2D eigenvalue weighted by Crippen LogP contribution is -2.42. The summed E-state index contributed by atoms with van der Waals surface area (Å²) in [5.74, 6) is 3.77. The molecule has 31 heavy (non-hydrogen) atoms. The van der Waals surface area contributed by atoms with Crippen LogP contribution in [0.5, 0.6) is 0 Å². The predicted octanol–water partition coefficient (Wildman–Crippen LogP) is 5.07. The number of urea groups is 1. The molecule has 11 heteroatoms. The molecule has 0 bridgehead atoms. The van der Waals surface area contributed by atoms with E-state index in [0.29, 0.717) is 16.4 Å². The van der Waals surface area contributed by atoms with Crippen LogP contribution in [0.4, 0.5) is 20.6 Å². The fraction of sp³-hybridized carbons (Fsp3) is 0.0500. The molecule has 0 atom stereocenters. The molecule has 0 fully saturated rings. The van der Waals surface area contributed by atoms with Gasteiger partial charge >= 0.3 is 12.0 Å². The van der Waals surface area contributed by atoms with Gasteiger partial charge in [-0.3, -0.25) is 4.90 Å². The fourth-order valence-corrected chi connectivity index (χ4v) is 4.48. The van der Waals surface area contributed by atoms with Crippen molar-refractivity contribution in [3.05, 3.63) is 75.7 Å². The zero-order valence-electron chi connectivity index (χ0n) is 15.6. The Balaban J connectivity index is 1.71. The van der Waals surface area contributed by atoms with E-state index in [-0.39, 0.29) is 33.7 Å². The average molecular weight is 479 g/mol. The van der Waals surface area contributed by atoms with Gasteiger partial charge in [0, 0.05) is 4.90 Å². The van der Waals surface area contributed by atoms with Gasteiger partial charge in [0.15, 0.2) is 0 Å². The van der Waals surface area contributed by atoms with Crippen LogP contribution in [0.1, 0.15) is 16.1 Å². The highest BCUT2D eigenvalue weighted by Crippen LogP contribution is 2.42. The molecule has 3 N–H and O–H groups in total. The molecule has 0 unspecified atom stereocenters. The molecule has 2 heterocycles. The van der Waals surface area contributed by atoms with E-state index in [0.717, 1.165) is 4.90 Å². The molecule has 1 aromatic heterocycles. The summed E-state index contributed by atoms with van der Waals surface area (Å²) in [6.07, 6.45) is 0. The van der Waals surface area contributed by atoms with Crippen molar-refractivity contribution in [3.8, 4) is 0 Å². The first-order valence-electron chi connectivity index (χ1n) is 8.79. The van der Waals surface area contributed by atoms with Crippen molar-refractivity contribution in [2.75, 3.05) is 4.90 Å². The third kappa shape index (κ3) is 4.31. The molecule has 0 aliphatic carbocycles. The molecule has 1 aliphatic rings. The first-order chi connectivity index (χ1) is 14.9. The highest BCUT2D eigenvalue weighted by Gasteiger charge is 2.30. The topological polar surface area (TPSA) is 97.5 Å². The Morgan fingerprint density at radius 2 is 1.84 bits per heavy atom. The SMILES string of the molecule is NOC(=O)c1cc(Cl)c(N2C(=O)NCc3nc(Sc4ccc(F)cc4)ccc32)c(Cl)c1. The standard InChI is InChI=1S/C20H13Cl2FN4O3S/c21-13-7-10(19(28)30-24)8-14(22)18(13)27-16-5-6-17(26-15(16)9-25-20(27)29)31-12-3-1-11(23)2-4-12/h1-8H,9,24H2,(H,25,29). The number of anilines is 2. The maximum Gasteiger partial charge on any atom is 0.356 e. The van der Waals surface area contributed by atoms with Gasteiger partial charge in [-0.2, -0.15) is 5.90 Å². The van der Waals surface area contributed by atoms with E-state index < -0.39 is 12.0 Å². The van der Waals surface area contributed by atoms with Crippen LogP contribution in [0.25, 0.3) is 0 Å². The number of nitrogens with two attached hydrogens (primary N) is 1. The Morgan fingerprint density at radius 1 is 1.16 bits per heavy atom. The van der Waals surface area contributed by atoms with Crippen molar-refractivity contribution in [2.24, 2.45) is 5.90 Å². The number of hydrogen-bond acceptors (Lipinski definition) is 6. The van der Waals surface area contributed by atoms with E-state index >= 15 is 0 Å². The molecule has 0 saturated heterocycles. The van der Waals surface area contributed by atoms with Gasteiger partial charge in [0.2, 0.25) is 0 Å². The monoisotopic (exact) mass is 478 g/mol. The number of nitrogens with one attached hydrogen (secondary N) is 1. The Morgan fingerprint density at radius 3 is 2.48 bits per heavy atom. The normalized spacial score (nSPS) is 12.9. The second kappa shape index (κ2) is 8.72. The van der Waals surface area contributed by atoms with Gasteiger partial charge in [-0.15, -0.1) is 0 Å². The predicted molar refractivity (Wildman–Crippen MR) is 115 cm³/mol. The minimum absolute atomic E-state index is 0.0445. The van der Waals surface area contributed by atoms with Gasteiger partial charge < -0.3 is 10.2 Å². The minimum Gasteiger partial charge on any atom is -0.370 e. The molecular formula is C20H13Cl2FN4O3S. The van der Waals surface area contributed by atoms with Gasteiger partial charge in [-0.05, 0) is 48.5 Å². The summed E-state index contributed by atoms with van der Waals surface area (Å²) in [6, 6.07) is 11.7. The smallest absolute Gasteiger partial charge is 0.356 e. The molecule has 3 aromatic rings. The lowest BCUT2D eigenvalue weighted by Gasteiger charge is -2.31. The Bertz CT molecular complexity index is 1170. The van der Waals surface area contributed by atoms with Crippen LogP contribution >= 0.6 is 35.0 Å². The molecular weight excluding hydrogens is 466 g/mol. The molecule has 2 aromatic carbocycles. The van der Waals surface area contributed by atoms with E-state index in [1.807, 2.05) is 0 Å². The number of halogens is 3. The zero-order valence-corrected chi connectivity index (χ0v) is 17.9. The van der Waals surface area contributed by atoms with Crippen molar-refractivity contribution < 1.29 is 18.8 Å². The van der Waals surface area contributed by atoms with Crippen molar-refractivity contribution in [1.82, 2.24) is 10.3 Å². The number of carbonyl (C=O) groups is 2. The highest BCUT2D eigenvalue weighted by molar-refractivity contribution is 7.99. The number of nitrogens with zero attached hydrogens (tertiary/aromatic N) is 2. The van der Waals surface area contributed by atoms with Crippen molar-refractivity contribution >= 4 is 58.3 Å². The Labute approximate surface area is 190 Å². The Kier molecular flexibility index (Phi) is 6.01. The van der Waals surface area contributed by atoms with Crippen molar-refractivity contribution in [3.63, 3.8) is 0 Å². The zero-order chi connectivity index (χ0) is 22.1. The number of aromatic nitrogens is 1. The summed E-state index contributed by atoms with van der Waals surface area (Å²) < 4.78 is 13.1. The molecule has 7 nitrogen and oxygen atoms in total. The van der Waals surface area contributed by atoms with E-state index in [9.17, 15) is 14.0 Å². The van der Waals surface area contributed by atoms with Crippen LogP contribution in [-0.2, 0) is 11.4 Å². The van der Waals surface area contributed by atoms with Gasteiger partial charge in [0.05, 0.1) is 39.2 Å². The van der Waals surface area contributed by atoms with E-state index in [4.69, 9.17) is 29.1 Å². The maximum atomic E-state index is 13.1. The van der Waals surface area contributed by atoms with Crippen LogP contribution in [0.2, 0.25) is 10.0 Å². The molecule has 2 amide bonds. The molecule has 1 aliphatic heterocycles. The number of pyridine rings is 1. The summed E-state index contributed by atoms with van der Waals surface area (Å²) in [5.41, 5.74) is 1.31. The highest BCUT2D eigenvalue weighted by atomic mass is 35.5. The van der Waals surface area contributed by atoms with Gasteiger partial charge in [-0.1, -0.05) is 35.0 Å². The number of hydrogen-bond donors (Lipinski definition) is 2. The first-order valence-corrected chi connectivity index (χ1v) is 10.4. The van der Waals surface area contributed by atoms with Crippen LogP contribution in [0.15, 0.2) is 58.5 Å². The lowest BCUT2D eigenvalue weighted by molar-refractivity contribution is 0.0503. The maximum absolute atomic E-state index is 13.1. The second-order valence-electron chi connectivity index (χ2n) is 6.36. The molecule has 0 radical (unpaired) electrons. The minimum atomic E-state index is -0.817. The van der Waals surface area contributed by atoms with Crippen LogP contribution in [0.3, 0.4) is 0 Å². The number of rotatable bonds is 4. The van der Waals surface area contributed by atoms with Crippen molar-refractivity contribution in [1.29, 1.82) is 0 Å². The van der Waals surface area contributed by atoms with Crippen LogP contribution in [0, 0.1) is 5.82 Å².